The predicted octanol–water partition coefficient (Wildman–Crippen LogP) is 20.6. The van der Waals surface area contributed by atoms with Crippen molar-refractivity contribution in [2.24, 2.45) is 39.0 Å². The molecule has 0 radical (unpaired) electrons. The van der Waals surface area contributed by atoms with E-state index in [1.54, 1.807) is 59.3 Å². The first-order chi connectivity index (χ1) is 55.2. The Morgan fingerprint density at radius 1 is 0.371 bits per heavy atom. The lowest BCUT2D eigenvalue weighted by atomic mass is 9.86. The zero-order chi connectivity index (χ0) is 87.2. The number of hydrogen-bond donors (Lipinski definition) is 0. The molecular weight excluding hydrogens is 1280 g/mol. The molecule has 8 nitrogen and oxygen atoms in total. The summed E-state index contributed by atoms with van der Waals surface area (Å²) >= 11 is 0. The monoisotopic (exact) mass is 1400 g/mol. The van der Waals surface area contributed by atoms with Crippen LogP contribution in [-0.2, 0) is 66.6 Å². The van der Waals surface area contributed by atoms with E-state index in [-0.39, 0.29) is 16.7 Å². The van der Waals surface area contributed by atoms with Gasteiger partial charge in [0.15, 0.2) is 24.8 Å². The number of fused-ring (bicyclic) bond motifs is 12. The van der Waals surface area contributed by atoms with E-state index in [2.05, 4.69) is 117 Å². The molecule has 8 heterocycles. The average molecular weight is 1400 g/mol. The highest BCUT2D eigenvalue weighted by Gasteiger charge is 2.32. The van der Waals surface area contributed by atoms with Gasteiger partial charge in [0.05, 0.1) is 22.8 Å². The van der Waals surface area contributed by atoms with Crippen LogP contribution in [0.25, 0.3) is 89.5 Å². The molecule has 0 atom stereocenters. The highest BCUT2D eigenvalue weighted by atomic mass is 14.9. The van der Waals surface area contributed by atoms with Crippen LogP contribution in [0.15, 0.2) is 152 Å². The van der Waals surface area contributed by atoms with E-state index in [0.29, 0.717) is 11.1 Å². The second-order valence-electron chi connectivity index (χ2n) is 31.8. The van der Waals surface area contributed by atoms with Crippen molar-refractivity contribution in [3.05, 3.63) is 281 Å². The fraction of sp³-hybridized carbons (Fsp3) is 0.340. The SMILES string of the molecule is [2H]C([2H])([2H])c1c[n+](C)c(-c2ccc3c(c2C)-c2ccc(C)nc2C3)cc1C.[2H]C([2H])([2H])c1c[n+](C)c(-c2ccc3c(c2C)-c2ccc(C)nc2C3)cc1C([2H])(C)C.[2H]C([2H])([2H])c1c[n+](C)c(-c2ccc3c(c2C)-c2ccc(C)nc2C3)cc1C([2H])([2H])C(C)(C)C.[2H]C([2H])(c1cc[n+](C)c(-c2ccc3c(c2C)-c2ccc(C)nc2C3)c1)C(C)(C)C. The lowest BCUT2D eigenvalue weighted by molar-refractivity contribution is -0.660. The van der Waals surface area contributed by atoms with Crippen molar-refractivity contribution in [1.82, 2.24) is 19.9 Å². The summed E-state index contributed by atoms with van der Waals surface area (Å²) in [5.74, 6) is -1.02. The Morgan fingerprint density at radius 2 is 0.695 bits per heavy atom. The molecule has 0 N–H and O–H groups in total. The van der Waals surface area contributed by atoms with Gasteiger partial charge in [0.1, 0.15) is 28.2 Å². The van der Waals surface area contributed by atoms with E-state index in [0.717, 1.165) is 144 Å². The smallest absolute Gasteiger partial charge is 0.212 e. The minimum absolute atomic E-state index is 0.0532. The summed E-state index contributed by atoms with van der Waals surface area (Å²) in [7, 11) is 7.64. The zero-order valence-corrected chi connectivity index (χ0v) is 65.3. The van der Waals surface area contributed by atoms with Crippen molar-refractivity contribution in [2.45, 2.75) is 183 Å². The van der Waals surface area contributed by atoms with E-state index in [1.807, 2.05) is 140 Å². The Hall–Kier alpha value is -9.92. The maximum Gasteiger partial charge on any atom is 0.212 e. The normalized spacial score (nSPS) is 15.3. The van der Waals surface area contributed by atoms with E-state index < -0.39 is 50.0 Å². The maximum atomic E-state index is 8.86. The molecule has 12 aromatic rings. The molecular formula is C97H110N8+4. The molecule has 0 amide bonds. The highest BCUT2D eigenvalue weighted by Crippen LogP contribution is 2.46. The van der Waals surface area contributed by atoms with Gasteiger partial charge in [0, 0.05) is 159 Å². The number of aryl methyl sites for hydroxylation is 12. The molecule has 0 unspecified atom stereocenters. The molecule has 105 heavy (non-hydrogen) atoms. The Balaban J connectivity index is 0.000000138. The first kappa shape index (κ1) is 57.4. The van der Waals surface area contributed by atoms with Crippen LogP contribution >= 0.6 is 0 Å². The van der Waals surface area contributed by atoms with E-state index in [4.69, 9.17) is 39.1 Å². The Labute approximate surface area is 646 Å². The zero-order valence-electron chi connectivity index (χ0n) is 79.3. The van der Waals surface area contributed by atoms with Gasteiger partial charge in [-0.15, -0.1) is 0 Å². The molecule has 0 saturated heterocycles. The lowest BCUT2D eigenvalue weighted by Crippen LogP contribution is -2.32. The molecule has 4 aliphatic rings. The Morgan fingerprint density at radius 3 is 1.05 bits per heavy atom. The van der Waals surface area contributed by atoms with Crippen molar-refractivity contribution in [3.8, 4) is 89.5 Å². The van der Waals surface area contributed by atoms with Crippen LogP contribution in [0.1, 0.15) is 209 Å². The molecule has 0 aliphatic heterocycles. The van der Waals surface area contributed by atoms with E-state index in [9.17, 15) is 0 Å². The van der Waals surface area contributed by atoms with Crippen LogP contribution in [0.4, 0.5) is 0 Å². The summed E-state index contributed by atoms with van der Waals surface area (Å²) in [5, 5.41) is 0. The van der Waals surface area contributed by atoms with Crippen molar-refractivity contribution in [1.29, 1.82) is 0 Å². The van der Waals surface area contributed by atoms with Crippen LogP contribution in [0, 0.1) is 93.7 Å². The first-order valence-corrected chi connectivity index (χ1v) is 36.7. The quantitative estimate of drug-likeness (QED) is 0.149. The summed E-state index contributed by atoms with van der Waals surface area (Å²) in [4.78, 5) is 18.9. The van der Waals surface area contributed by atoms with Gasteiger partial charge in [0.25, 0.3) is 0 Å². The Bertz CT molecular complexity index is 6120. The topological polar surface area (TPSA) is 67.1 Å². The predicted molar refractivity (Wildman–Crippen MR) is 434 cm³/mol. The summed E-state index contributed by atoms with van der Waals surface area (Å²) < 4.78 is 123. The number of hydrogen-bond acceptors (Lipinski definition) is 4. The summed E-state index contributed by atoms with van der Waals surface area (Å²) in [6.07, 6.45) is 7.09. The van der Waals surface area contributed by atoms with Crippen molar-refractivity contribution in [2.75, 3.05) is 0 Å². The van der Waals surface area contributed by atoms with Gasteiger partial charge in [-0.3, -0.25) is 19.9 Å². The molecule has 0 saturated carbocycles. The van der Waals surface area contributed by atoms with Gasteiger partial charge in [0.2, 0.25) is 22.8 Å². The van der Waals surface area contributed by atoms with Crippen molar-refractivity contribution >= 4 is 0 Å². The third kappa shape index (κ3) is 14.7. The lowest BCUT2D eigenvalue weighted by Gasteiger charge is -2.20. The second kappa shape index (κ2) is 28.5. The number of aromatic nitrogens is 8. The summed E-state index contributed by atoms with van der Waals surface area (Å²) in [5.41, 5.74) is 37.9. The standard InChI is InChI=1S/C26H31N2.C25H29N2.C24H27N2.C22H23N2/c1-16-15-28(7)24(13-20(16)14-26(4,5)6)21-11-9-19-12-23-22(25(19)18(21)3)10-8-17(2)27-23;1-16-7-9-21-22(26-16)14-19-8-10-20(17(2)24(19)21)23-13-18(11-12-27(23)6)15-25(3,4)5;1-14(2)21-12-23(26(6)13-15(21)3)19-10-8-18-11-22-20(24(18)17(19)5)9-7-16(4)25-22;1-13-10-21(24(5)12-14(13)2)18-9-7-17-11-20-19(22(17)16(18)4)8-6-15(3)23-20/h8-11,13,15H,12,14H2,1-7H3;7-13H,14-15H2,1-6H3;7-10,12-14H,11H2,1-6H3;6-10,12H,11H2,1-5H3/q4*+1/i1D3,14D2;15D2;3D3,14D;2D3. The van der Waals surface area contributed by atoms with Gasteiger partial charge in [-0.1, -0.05) is 104 Å². The molecule has 534 valence electrons. The van der Waals surface area contributed by atoms with Crippen molar-refractivity contribution < 1.29 is 37.5 Å². The molecule has 0 fully saturated rings. The first-order valence-electron chi connectivity index (χ1n) is 43.7. The number of nitrogens with zero attached hydrogens (tertiary/aromatic N) is 8. The third-order valence-corrected chi connectivity index (χ3v) is 21.0. The van der Waals surface area contributed by atoms with Crippen LogP contribution in [0.3, 0.4) is 0 Å². The minimum Gasteiger partial charge on any atom is -0.257 e. The second-order valence-corrected chi connectivity index (χ2v) is 31.8. The molecule has 8 aromatic heterocycles. The summed E-state index contributed by atoms with van der Waals surface area (Å²) in [6, 6.07) is 43.5. The molecule has 4 aromatic carbocycles. The van der Waals surface area contributed by atoms with Crippen molar-refractivity contribution in [3.63, 3.8) is 0 Å². The molecule has 4 aliphatic carbocycles. The number of rotatable bonds is 7. The van der Waals surface area contributed by atoms with Crippen LogP contribution in [0.2, 0.25) is 0 Å². The average Bonchev–Trinajstić information content (AvgIpc) is 1.41. The Kier molecular flexibility index (Phi) is 15.6. The van der Waals surface area contributed by atoms with Gasteiger partial charge >= 0.3 is 0 Å². The van der Waals surface area contributed by atoms with Gasteiger partial charge in [-0.25, -0.2) is 18.3 Å². The van der Waals surface area contributed by atoms with E-state index >= 15 is 0 Å². The maximum absolute atomic E-state index is 8.86. The number of benzene rings is 4. The number of pyridine rings is 8. The fourth-order valence-electron chi connectivity index (χ4n) is 16.0. The molecule has 8 heteroatoms. The molecule has 0 bridgehead atoms. The van der Waals surface area contributed by atoms with Crippen LogP contribution in [0.5, 0.6) is 0 Å². The highest BCUT2D eigenvalue weighted by molar-refractivity contribution is 5.87. The van der Waals surface area contributed by atoms with E-state index in [1.165, 1.54) is 72.3 Å². The summed E-state index contributed by atoms with van der Waals surface area (Å²) in [6.45, 7) is 26.4. The van der Waals surface area contributed by atoms with Gasteiger partial charge < -0.3 is 0 Å². The molecule has 0 spiro atoms. The minimum atomic E-state index is -2.42. The van der Waals surface area contributed by atoms with Gasteiger partial charge in [-0.2, -0.15) is 0 Å². The fourth-order valence-corrected chi connectivity index (χ4v) is 16.0. The van der Waals surface area contributed by atoms with Gasteiger partial charge in [-0.05, 0) is 250 Å². The molecule has 16 rings (SSSR count). The van der Waals surface area contributed by atoms with Crippen LogP contribution < -0.4 is 18.3 Å². The third-order valence-electron chi connectivity index (χ3n) is 21.0. The van der Waals surface area contributed by atoms with Crippen LogP contribution in [-0.4, -0.2) is 19.9 Å². The largest absolute Gasteiger partial charge is 0.257 e.